The molecule has 2 aromatic carbocycles. The first kappa shape index (κ1) is 21.4. The van der Waals surface area contributed by atoms with Crippen LogP contribution in [0.5, 0.6) is 0 Å². The van der Waals surface area contributed by atoms with E-state index >= 15 is 0 Å². The van der Waals surface area contributed by atoms with Gasteiger partial charge in [0.15, 0.2) is 5.54 Å². The van der Waals surface area contributed by atoms with Crippen LogP contribution in [0.2, 0.25) is 0 Å². The Kier molecular flexibility index (Phi) is 6.29. The molecule has 1 N–H and O–H groups in total. The Morgan fingerprint density at radius 3 is 2.29 bits per heavy atom. The van der Waals surface area contributed by atoms with Crippen molar-refractivity contribution in [2.45, 2.75) is 18.5 Å². The number of hydrogen-bond acceptors (Lipinski definition) is 6. The Morgan fingerprint density at radius 2 is 1.71 bits per heavy atom. The van der Waals surface area contributed by atoms with E-state index in [0.717, 1.165) is 5.75 Å². The summed E-state index contributed by atoms with van der Waals surface area (Å²) in [5.74, 6) is 0.724. The van der Waals surface area contributed by atoms with E-state index in [1.54, 1.807) is 18.7 Å². The number of benzene rings is 2. The van der Waals surface area contributed by atoms with Gasteiger partial charge in [0.1, 0.15) is 6.04 Å². The molecule has 0 saturated carbocycles. The van der Waals surface area contributed by atoms with Crippen LogP contribution in [0.25, 0.3) is 0 Å². The molecule has 0 aromatic heterocycles. The van der Waals surface area contributed by atoms with Gasteiger partial charge in [0.2, 0.25) is 0 Å². The minimum absolute atomic E-state index is 0.0378. The van der Waals surface area contributed by atoms with Crippen molar-refractivity contribution >= 4 is 29.7 Å². The topological polar surface area (TPSA) is 79.0 Å². The van der Waals surface area contributed by atoms with Crippen LogP contribution < -0.4 is 5.32 Å². The van der Waals surface area contributed by atoms with Crippen LogP contribution in [0, 0.1) is 0 Å². The molecule has 162 valence electrons. The third kappa shape index (κ3) is 3.93. The molecule has 2 fully saturated rings. The molecule has 0 radical (unpaired) electrons. The van der Waals surface area contributed by atoms with E-state index in [4.69, 9.17) is 4.74 Å². The highest BCUT2D eigenvalue weighted by molar-refractivity contribution is 7.99. The Balaban J connectivity index is 1.67. The summed E-state index contributed by atoms with van der Waals surface area (Å²) in [7, 11) is 0. The molecule has 1 atom stereocenters. The summed E-state index contributed by atoms with van der Waals surface area (Å²) in [6, 6.07) is 17.5. The highest BCUT2D eigenvalue weighted by atomic mass is 32.2. The fourth-order valence-corrected chi connectivity index (χ4v) is 5.18. The van der Waals surface area contributed by atoms with Crippen LogP contribution >= 0.6 is 11.8 Å². The van der Waals surface area contributed by atoms with E-state index in [0.29, 0.717) is 30.0 Å². The maximum atomic E-state index is 13.8. The van der Waals surface area contributed by atoms with Crippen molar-refractivity contribution in [3.05, 3.63) is 71.8 Å². The predicted molar refractivity (Wildman–Crippen MR) is 118 cm³/mol. The summed E-state index contributed by atoms with van der Waals surface area (Å²) in [6.07, 6.45) is 0. The molecule has 3 amide bonds. The van der Waals surface area contributed by atoms with Crippen molar-refractivity contribution in [2.75, 3.05) is 31.3 Å². The number of nitrogens with zero attached hydrogens (tertiary/aromatic N) is 2. The van der Waals surface area contributed by atoms with E-state index < -0.39 is 17.6 Å². The van der Waals surface area contributed by atoms with Gasteiger partial charge in [0.25, 0.3) is 5.91 Å². The standard InChI is InChI=1S/C23H25N3O4S/c1-2-30-20(27)19-15-31-14-13-25(19)16-26-21(28)23(24-22(26)29,17-9-5-3-6-10-17)18-11-7-4-8-12-18/h3-12,19H,2,13-16H2,1H3,(H,24,29)/t19-/m0/s1. The molecule has 2 aliphatic heterocycles. The number of hydrogen-bond donors (Lipinski definition) is 1. The predicted octanol–water partition coefficient (Wildman–Crippen LogP) is 2.42. The van der Waals surface area contributed by atoms with Crippen molar-refractivity contribution in [1.82, 2.24) is 15.1 Å². The molecule has 0 unspecified atom stereocenters. The summed E-state index contributed by atoms with van der Waals surface area (Å²) < 4.78 is 5.21. The number of carbonyl (C=O) groups is 3. The fourth-order valence-electron chi connectivity index (χ4n) is 4.08. The molecule has 0 aliphatic carbocycles. The van der Waals surface area contributed by atoms with Crippen molar-refractivity contribution in [2.24, 2.45) is 0 Å². The summed E-state index contributed by atoms with van der Waals surface area (Å²) in [6.45, 7) is 2.69. The molecule has 0 spiro atoms. The number of thioether (sulfide) groups is 1. The molecular weight excluding hydrogens is 414 g/mol. The number of carbonyl (C=O) groups excluding carboxylic acids is 3. The monoisotopic (exact) mass is 439 g/mol. The lowest BCUT2D eigenvalue weighted by atomic mass is 9.83. The number of amides is 3. The molecule has 2 heterocycles. The molecule has 2 saturated heterocycles. The van der Waals surface area contributed by atoms with Crippen LogP contribution in [0.4, 0.5) is 4.79 Å². The third-order valence-electron chi connectivity index (χ3n) is 5.64. The van der Waals surface area contributed by atoms with Gasteiger partial charge in [-0.2, -0.15) is 11.8 Å². The number of esters is 1. The van der Waals surface area contributed by atoms with Gasteiger partial charge in [-0.1, -0.05) is 60.7 Å². The first-order valence-electron chi connectivity index (χ1n) is 10.3. The second-order valence-electron chi connectivity index (χ2n) is 7.44. The van der Waals surface area contributed by atoms with Gasteiger partial charge in [-0.05, 0) is 18.1 Å². The number of rotatable bonds is 6. The van der Waals surface area contributed by atoms with E-state index in [1.807, 2.05) is 65.6 Å². The zero-order valence-corrected chi connectivity index (χ0v) is 18.1. The van der Waals surface area contributed by atoms with E-state index in [2.05, 4.69) is 5.32 Å². The Labute approximate surface area is 185 Å². The summed E-state index contributed by atoms with van der Waals surface area (Å²) in [4.78, 5) is 42.4. The van der Waals surface area contributed by atoms with Gasteiger partial charge in [0.05, 0.1) is 13.3 Å². The lowest BCUT2D eigenvalue weighted by Gasteiger charge is -2.35. The van der Waals surface area contributed by atoms with E-state index in [-0.39, 0.29) is 18.5 Å². The largest absolute Gasteiger partial charge is 0.465 e. The molecule has 31 heavy (non-hydrogen) atoms. The minimum atomic E-state index is -1.30. The molecule has 2 aromatic rings. The highest BCUT2D eigenvalue weighted by Gasteiger charge is 2.54. The average Bonchev–Trinajstić information content (AvgIpc) is 3.06. The normalized spacial score (nSPS) is 21.1. The Bertz CT molecular complexity index is 914. The van der Waals surface area contributed by atoms with Crippen LogP contribution in [-0.2, 0) is 19.9 Å². The smallest absolute Gasteiger partial charge is 0.326 e. The first-order chi connectivity index (χ1) is 15.1. The van der Waals surface area contributed by atoms with Crippen molar-refractivity contribution in [1.29, 1.82) is 0 Å². The first-order valence-corrected chi connectivity index (χ1v) is 11.5. The maximum absolute atomic E-state index is 13.8. The highest BCUT2D eigenvalue weighted by Crippen LogP contribution is 2.36. The van der Waals surface area contributed by atoms with E-state index in [1.165, 1.54) is 4.90 Å². The fraction of sp³-hybridized carbons (Fsp3) is 0.348. The van der Waals surface area contributed by atoms with Gasteiger partial charge >= 0.3 is 12.0 Å². The molecule has 0 bridgehead atoms. The summed E-state index contributed by atoms with van der Waals surface area (Å²) >= 11 is 1.67. The molecule has 8 heteroatoms. The van der Waals surface area contributed by atoms with Crippen LogP contribution in [0.1, 0.15) is 18.1 Å². The van der Waals surface area contributed by atoms with Crippen molar-refractivity contribution in [3.63, 3.8) is 0 Å². The van der Waals surface area contributed by atoms with Gasteiger partial charge < -0.3 is 10.1 Å². The van der Waals surface area contributed by atoms with Gasteiger partial charge in [-0.25, -0.2) is 9.69 Å². The van der Waals surface area contributed by atoms with Gasteiger partial charge in [-0.15, -0.1) is 0 Å². The number of urea groups is 1. The number of ether oxygens (including phenoxy) is 1. The quantitative estimate of drug-likeness (QED) is 0.550. The third-order valence-corrected chi connectivity index (χ3v) is 6.66. The van der Waals surface area contributed by atoms with E-state index in [9.17, 15) is 14.4 Å². The van der Waals surface area contributed by atoms with Gasteiger partial charge in [0, 0.05) is 18.1 Å². The SMILES string of the molecule is CCOC(=O)[C@@H]1CSCCN1CN1C(=O)NC(c2ccccc2)(c2ccccc2)C1=O. The average molecular weight is 440 g/mol. The van der Waals surface area contributed by atoms with Crippen LogP contribution in [0.3, 0.4) is 0 Å². The number of imide groups is 1. The second kappa shape index (κ2) is 9.11. The Morgan fingerprint density at radius 1 is 1.10 bits per heavy atom. The lowest BCUT2D eigenvalue weighted by Crippen LogP contribution is -2.54. The summed E-state index contributed by atoms with van der Waals surface area (Å²) in [5, 5.41) is 2.95. The lowest BCUT2D eigenvalue weighted by molar-refractivity contribution is -0.150. The van der Waals surface area contributed by atoms with Gasteiger partial charge in [-0.3, -0.25) is 14.5 Å². The maximum Gasteiger partial charge on any atom is 0.326 e. The minimum Gasteiger partial charge on any atom is -0.465 e. The molecule has 7 nitrogen and oxygen atoms in total. The Hall–Kier alpha value is -2.84. The zero-order chi connectivity index (χ0) is 21.8. The summed E-state index contributed by atoms with van der Waals surface area (Å²) in [5.41, 5.74) is 0.0835. The van der Waals surface area contributed by atoms with Crippen LogP contribution in [-0.4, -0.2) is 65.1 Å². The van der Waals surface area contributed by atoms with Crippen molar-refractivity contribution in [3.8, 4) is 0 Å². The molecular formula is C23H25N3O4S. The van der Waals surface area contributed by atoms with Crippen LogP contribution in [0.15, 0.2) is 60.7 Å². The number of nitrogens with one attached hydrogen (secondary N) is 1. The zero-order valence-electron chi connectivity index (χ0n) is 17.3. The van der Waals surface area contributed by atoms with Crippen molar-refractivity contribution < 1.29 is 19.1 Å². The second-order valence-corrected chi connectivity index (χ2v) is 8.59. The molecule has 2 aliphatic rings. The molecule has 4 rings (SSSR count).